The molecule has 0 saturated heterocycles. The van der Waals surface area contributed by atoms with Crippen molar-refractivity contribution in [3.8, 4) is 5.75 Å². The third kappa shape index (κ3) is 4.09. The lowest BCUT2D eigenvalue weighted by Gasteiger charge is -2.14. The maximum Gasteiger partial charge on any atom is 0.342 e. The van der Waals surface area contributed by atoms with Gasteiger partial charge in [-0.2, -0.15) is 0 Å². The van der Waals surface area contributed by atoms with E-state index in [0.29, 0.717) is 11.6 Å². The Morgan fingerprint density at radius 3 is 2.44 bits per heavy atom. The number of hydrogen-bond acceptors (Lipinski definition) is 4. The van der Waals surface area contributed by atoms with Gasteiger partial charge in [-0.05, 0) is 43.7 Å². The van der Waals surface area contributed by atoms with Gasteiger partial charge in [0.25, 0.3) is 5.91 Å². The number of ether oxygens (including phenoxy) is 1. The molecule has 0 aliphatic carbocycles. The summed E-state index contributed by atoms with van der Waals surface area (Å²) in [5.41, 5.74) is -0.0251. The minimum atomic E-state index is -1.73. The van der Waals surface area contributed by atoms with E-state index >= 15 is 0 Å². The molecule has 1 amide bonds. The zero-order valence-corrected chi connectivity index (χ0v) is 13.3. The van der Waals surface area contributed by atoms with E-state index in [9.17, 15) is 27.9 Å². The van der Waals surface area contributed by atoms with Gasteiger partial charge in [-0.25, -0.2) is 18.0 Å². The summed E-state index contributed by atoms with van der Waals surface area (Å²) in [6.07, 6.45) is -1.37. The first-order valence-electron chi connectivity index (χ1n) is 7.15. The average molecular weight is 353 g/mol. The fourth-order valence-corrected chi connectivity index (χ4v) is 1.95. The number of phenolic OH excluding ortho intramolecular Hbond substituents is 1. The number of esters is 1. The second-order valence-electron chi connectivity index (χ2n) is 5.28. The minimum absolute atomic E-state index is 0.149. The largest absolute Gasteiger partial charge is 0.507 e. The van der Waals surface area contributed by atoms with Crippen molar-refractivity contribution in [2.75, 3.05) is 5.32 Å². The van der Waals surface area contributed by atoms with E-state index in [1.807, 2.05) is 5.32 Å². The second kappa shape index (κ2) is 7.25. The van der Waals surface area contributed by atoms with Gasteiger partial charge < -0.3 is 15.2 Å². The van der Waals surface area contributed by atoms with Crippen LogP contribution in [0.1, 0.15) is 22.8 Å². The Kier molecular flexibility index (Phi) is 5.31. The van der Waals surface area contributed by atoms with Gasteiger partial charge in [0.1, 0.15) is 11.3 Å². The van der Waals surface area contributed by atoms with Crippen LogP contribution in [0.15, 0.2) is 30.3 Å². The van der Waals surface area contributed by atoms with Crippen LogP contribution in [0.4, 0.5) is 18.9 Å². The molecule has 2 rings (SSSR count). The van der Waals surface area contributed by atoms with E-state index in [2.05, 4.69) is 0 Å². The molecule has 132 valence electrons. The minimum Gasteiger partial charge on any atom is -0.507 e. The van der Waals surface area contributed by atoms with Crippen LogP contribution in [-0.4, -0.2) is 23.1 Å². The first kappa shape index (κ1) is 18.3. The summed E-state index contributed by atoms with van der Waals surface area (Å²) in [5, 5.41) is 11.7. The Labute approximate surface area is 141 Å². The maximum atomic E-state index is 13.5. The zero-order chi connectivity index (χ0) is 18.7. The van der Waals surface area contributed by atoms with Gasteiger partial charge in [0.15, 0.2) is 23.6 Å². The molecule has 0 heterocycles. The van der Waals surface area contributed by atoms with Crippen molar-refractivity contribution in [1.82, 2.24) is 0 Å². The fraction of sp³-hybridized carbons (Fsp3) is 0.176. The number of aryl methyl sites for hydroxylation is 1. The summed E-state index contributed by atoms with van der Waals surface area (Å²) in [7, 11) is 0. The van der Waals surface area contributed by atoms with Crippen molar-refractivity contribution in [2.45, 2.75) is 20.0 Å². The van der Waals surface area contributed by atoms with Crippen LogP contribution in [0, 0.1) is 24.4 Å². The van der Waals surface area contributed by atoms with Crippen LogP contribution in [0.25, 0.3) is 0 Å². The van der Waals surface area contributed by atoms with Crippen LogP contribution in [0.5, 0.6) is 5.75 Å². The predicted molar refractivity (Wildman–Crippen MR) is 82.7 cm³/mol. The summed E-state index contributed by atoms with van der Waals surface area (Å²) < 4.78 is 44.4. The number of aromatic hydroxyl groups is 1. The molecule has 2 aromatic rings. The van der Waals surface area contributed by atoms with Gasteiger partial charge in [-0.3, -0.25) is 4.79 Å². The summed E-state index contributed by atoms with van der Waals surface area (Å²) in [6, 6.07) is 5.73. The molecule has 2 N–H and O–H groups in total. The smallest absolute Gasteiger partial charge is 0.342 e. The monoisotopic (exact) mass is 353 g/mol. The van der Waals surface area contributed by atoms with Gasteiger partial charge in [-0.1, -0.05) is 6.07 Å². The Morgan fingerprint density at radius 2 is 1.80 bits per heavy atom. The number of rotatable bonds is 4. The molecule has 0 aromatic heterocycles. The van der Waals surface area contributed by atoms with E-state index < -0.39 is 41.1 Å². The second-order valence-corrected chi connectivity index (χ2v) is 5.28. The molecule has 0 unspecified atom stereocenters. The van der Waals surface area contributed by atoms with Gasteiger partial charge >= 0.3 is 5.97 Å². The lowest BCUT2D eigenvalue weighted by atomic mass is 10.1. The van der Waals surface area contributed by atoms with Gasteiger partial charge in [0, 0.05) is 0 Å². The normalized spacial score (nSPS) is 11.7. The number of phenols is 1. The number of hydrogen-bond donors (Lipinski definition) is 2. The molecule has 1 atom stereocenters. The van der Waals surface area contributed by atoms with Gasteiger partial charge in [0.2, 0.25) is 0 Å². The van der Waals surface area contributed by atoms with Crippen LogP contribution >= 0.6 is 0 Å². The number of anilines is 1. The summed E-state index contributed by atoms with van der Waals surface area (Å²) in [4.78, 5) is 23.9. The Bertz CT molecular complexity index is 839. The van der Waals surface area contributed by atoms with E-state index in [1.165, 1.54) is 19.1 Å². The molecule has 8 heteroatoms. The molecule has 0 radical (unpaired) electrons. The van der Waals surface area contributed by atoms with Crippen molar-refractivity contribution in [1.29, 1.82) is 0 Å². The molecule has 0 fully saturated rings. The third-order valence-electron chi connectivity index (χ3n) is 3.32. The van der Waals surface area contributed by atoms with E-state index in [-0.39, 0.29) is 11.3 Å². The number of carbonyl (C=O) groups is 2. The Balaban J connectivity index is 2.08. The molecular formula is C17H14F3NO4. The molecule has 5 nitrogen and oxygen atoms in total. The molecule has 2 aromatic carbocycles. The highest BCUT2D eigenvalue weighted by Crippen LogP contribution is 2.21. The Morgan fingerprint density at radius 1 is 1.12 bits per heavy atom. The van der Waals surface area contributed by atoms with Crippen LogP contribution in [-0.2, 0) is 9.53 Å². The van der Waals surface area contributed by atoms with Gasteiger partial charge in [-0.15, -0.1) is 0 Å². The lowest BCUT2D eigenvalue weighted by Crippen LogP contribution is -2.30. The first-order chi connectivity index (χ1) is 11.7. The molecule has 0 aliphatic heterocycles. The standard InChI is InChI=1S/C17H14F3NO4/c1-8-3-4-10(13(22)7-8)17(24)25-9(2)16(23)21-12-6-5-11(18)14(19)15(12)20/h3-7,9,22H,1-2H3,(H,21,23)/t9-/m1/s1. The average Bonchev–Trinajstić information content (AvgIpc) is 2.55. The number of amides is 1. The van der Waals surface area contributed by atoms with Gasteiger partial charge in [0.05, 0.1) is 5.69 Å². The van der Waals surface area contributed by atoms with E-state index in [4.69, 9.17) is 4.74 Å². The number of benzene rings is 2. The molecule has 0 saturated carbocycles. The zero-order valence-electron chi connectivity index (χ0n) is 13.3. The topological polar surface area (TPSA) is 75.6 Å². The maximum absolute atomic E-state index is 13.5. The van der Waals surface area contributed by atoms with E-state index in [1.54, 1.807) is 13.0 Å². The Hall–Kier alpha value is -3.03. The third-order valence-corrected chi connectivity index (χ3v) is 3.32. The molecule has 25 heavy (non-hydrogen) atoms. The van der Waals surface area contributed by atoms with Crippen molar-refractivity contribution in [3.63, 3.8) is 0 Å². The quantitative estimate of drug-likeness (QED) is 0.653. The van der Waals surface area contributed by atoms with Crippen LogP contribution in [0.2, 0.25) is 0 Å². The predicted octanol–water partition coefficient (Wildman–Crippen LogP) is 3.30. The number of carbonyl (C=O) groups excluding carboxylic acids is 2. The highest BCUT2D eigenvalue weighted by Gasteiger charge is 2.23. The van der Waals surface area contributed by atoms with Crippen molar-refractivity contribution >= 4 is 17.6 Å². The first-order valence-corrected chi connectivity index (χ1v) is 7.15. The van der Waals surface area contributed by atoms with E-state index in [0.717, 1.165) is 6.07 Å². The van der Waals surface area contributed by atoms with Crippen LogP contribution < -0.4 is 5.32 Å². The highest BCUT2D eigenvalue weighted by atomic mass is 19.2. The van der Waals surface area contributed by atoms with Crippen molar-refractivity contribution in [3.05, 3.63) is 58.9 Å². The highest BCUT2D eigenvalue weighted by molar-refractivity contribution is 5.98. The van der Waals surface area contributed by atoms with Crippen molar-refractivity contribution < 1.29 is 32.6 Å². The molecule has 0 spiro atoms. The summed E-state index contributed by atoms with van der Waals surface area (Å²) in [6.45, 7) is 2.91. The van der Waals surface area contributed by atoms with Crippen LogP contribution in [0.3, 0.4) is 0 Å². The number of halogens is 3. The van der Waals surface area contributed by atoms with Crippen molar-refractivity contribution in [2.24, 2.45) is 0 Å². The summed E-state index contributed by atoms with van der Waals surface area (Å²) >= 11 is 0. The molecule has 0 bridgehead atoms. The summed E-state index contributed by atoms with van der Waals surface area (Å²) in [5.74, 6) is -6.93. The lowest BCUT2D eigenvalue weighted by molar-refractivity contribution is -0.123. The fourth-order valence-electron chi connectivity index (χ4n) is 1.95. The molecular weight excluding hydrogens is 339 g/mol. The molecule has 0 aliphatic rings. The number of nitrogens with one attached hydrogen (secondary N) is 1. The SMILES string of the molecule is Cc1ccc(C(=O)O[C@H](C)C(=O)Nc2ccc(F)c(F)c2F)c(O)c1.